The maximum atomic E-state index is 11.8. The van der Waals surface area contributed by atoms with Crippen molar-refractivity contribution >= 4 is 45.6 Å². The maximum absolute atomic E-state index is 11.8. The molecular weight excluding hydrogens is 303 g/mol. The Morgan fingerprint density at radius 1 is 1.42 bits per heavy atom. The van der Waals surface area contributed by atoms with Gasteiger partial charge in [-0.3, -0.25) is 4.79 Å². The summed E-state index contributed by atoms with van der Waals surface area (Å²) in [6.07, 6.45) is 0.897. The summed E-state index contributed by atoms with van der Waals surface area (Å²) in [5.41, 5.74) is 1.78. The van der Waals surface area contributed by atoms with E-state index < -0.39 is 0 Å². The fraction of sp³-hybridized carbons (Fsp3) is 0.231. The predicted octanol–water partition coefficient (Wildman–Crippen LogP) is 4.33. The van der Waals surface area contributed by atoms with Gasteiger partial charge in [0.25, 0.3) is 0 Å². The molecule has 1 N–H and O–H groups in total. The zero-order valence-electron chi connectivity index (χ0n) is 10.2. The molecule has 1 amide bonds. The molecule has 1 heterocycles. The van der Waals surface area contributed by atoms with Gasteiger partial charge in [0.05, 0.1) is 15.7 Å². The molecule has 0 bridgehead atoms. The predicted molar refractivity (Wildman–Crippen MR) is 80.3 cm³/mol. The smallest absolute Gasteiger partial charge is 0.226 e. The van der Waals surface area contributed by atoms with Crippen LogP contribution >= 0.6 is 34.5 Å². The first kappa shape index (κ1) is 14.3. The van der Waals surface area contributed by atoms with E-state index in [1.807, 2.05) is 24.4 Å². The van der Waals surface area contributed by atoms with E-state index in [9.17, 15) is 4.79 Å². The fourth-order valence-corrected chi connectivity index (χ4v) is 2.70. The Bertz CT molecular complexity index is 598. The zero-order valence-corrected chi connectivity index (χ0v) is 12.6. The Balaban J connectivity index is 1.91. The first-order chi connectivity index (χ1) is 9.06. The normalized spacial score (nSPS) is 10.5. The Labute approximate surface area is 125 Å². The highest BCUT2D eigenvalue weighted by molar-refractivity contribution is 7.13. The van der Waals surface area contributed by atoms with Gasteiger partial charge in [0.2, 0.25) is 5.91 Å². The van der Waals surface area contributed by atoms with E-state index in [0.717, 1.165) is 11.3 Å². The molecule has 0 aliphatic heterocycles. The second-order valence-electron chi connectivity index (χ2n) is 4.06. The lowest BCUT2D eigenvalue weighted by Crippen LogP contribution is -2.12. The second-order valence-corrected chi connectivity index (χ2v) is 5.70. The fourth-order valence-electron chi connectivity index (χ4n) is 1.58. The Morgan fingerprint density at radius 2 is 2.21 bits per heavy atom. The number of carbonyl (C=O) groups is 1. The SMILES string of the molecule is Cc1csc(NC(=O)CCc2cccc(Cl)c2Cl)n1. The van der Waals surface area contributed by atoms with Crippen LogP contribution in [-0.2, 0) is 11.2 Å². The Kier molecular flexibility index (Phi) is 4.80. The number of nitrogens with zero attached hydrogens (tertiary/aromatic N) is 1. The molecule has 0 radical (unpaired) electrons. The van der Waals surface area contributed by atoms with Crippen LogP contribution in [0.5, 0.6) is 0 Å². The highest BCUT2D eigenvalue weighted by atomic mass is 35.5. The molecule has 1 aromatic heterocycles. The van der Waals surface area contributed by atoms with Crippen molar-refractivity contribution in [3.63, 3.8) is 0 Å². The van der Waals surface area contributed by atoms with Crippen molar-refractivity contribution < 1.29 is 4.79 Å². The third-order valence-electron chi connectivity index (χ3n) is 2.52. The van der Waals surface area contributed by atoms with Gasteiger partial charge in [0.15, 0.2) is 5.13 Å². The summed E-state index contributed by atoms with van der Waals surface area (Å²) in [5.74, 6) is -0.0783. The molecule has 2 aromatic rings. The standard InChI is InChI=1S/C13H12Cl2N2OS/c1-8-7-19-13(16-8)17-11(18)6-5-9-3-2-4-10(14)12(9)15/h2-4,7H,5-6H2,1H3,(H,16,17,18). The van der Waals surface area contributed by atoms with Crippen LogP contribution < -0.4 is 5.32 Å². The van der Waals surface area contributed by atoms with Crippen molar-refractivity contribution in [1.29, 1.82) is 0 Å². The van der Waals surface area contributed by atoms with E-state index in [1.54, 1.807) is 6.07 Å². The van der Waals surface area contributed by atoms with Crippen molar-refractivity contribution in [3.05, 3.63) is 44.9 Å². The van der Waals surface area contributed by atoms with Crippen LogP contribution in [0.2, 0.25) is 10.0 Å². The molecule has 19 heavy (non-hydrogen) atoms. The first-order valence-electron chi connectivity index (χ1n) is 5.71. The highest BCUT2D eigenvalue weighted by Gasteiger charge is 2.09. The number of amides is 1. The summed E-state index contributed by atoms with van der Waals surface area (Å²) in [4.78, 5) is 15.9. The minimum Gasteiger partial charge on any atom is -0.302 e. The number of thiazole rings is 1. The van der Waals surface area contributed by atoms with Crippen LogP contribution in [0, 0.1) is 6.92 Å². The van der Waals surface area contributed by atoms with Crippen LogP contribution in [-0.4, -0.2) is 10.9 Å². The number of hydrogen-bond acceptors (Lipinski definition) is 3. The Hall–Kier alpha value is -1.10. The second kappa shape index (κ2) is 6.37. The van der Waals surface area contributed by atoms with Crippen LogP contribution in [0.1, 0.15) is 17.7 Å². The number of rotatable bonds is 4. The summed E-state index contributed by atoms with van der Waals surface area (Å²) in [5, 5.41) is 6.30. The van der Waals surface area contributed by atoms with Crippen molar-refractivity contribution in [3.8, 4) is 0 Å². The van der Waals surface area contributed by atoms with Crippen molar-refractivity contribution in [2.24, 2.45) is 0 Å². The number of nitrogens with one attached hydrogen (secondary N) is 1. The molecule has 100 valence electrons. The van der Waals surface area contributed by atoms with Crippen LogP contribution in [0.4, 0.5) is 5.13 Å². The van der Waals surface area contributed by atoms with E-state index in [4.69, 9.17) is 23.2 Å². The maximum Gasteiger partial charge on any atom is 0.226 e. The molecule has 1 aromatic carbocycles. The number of aryl methyl sites for hydroxylation is 2. The van der Waals surface area contributed by atoms with E-state index in [0.29, 0.717) is 28.0 Å². The minimum absolute atomic E-state index is 0.0783. The number of carbonyl (C=O) groups excluding carboxylic acids is 1. The molecule has 0 spiro atoms. The van der Waals surface area contributed by atoms with Crippen molar-refractivity contribution in [2.45, 2.75) is 19.8 Å². The molecule has 0 aliphatic carbocycles. The van der Waals surface area contributed by atoms with Crippen LogP contribution in [0.3, 0.4) is 0 Å². The Morgan fingerprint density at radius 3 is 2.89 bits per heavy atom. The summed E-state index contributed by atoms with van der Waals surface area (Å²) >= 11 is 13.4. The average molecular weight is 315 g/mol. The topological polar surface area (TPSA) is 42.0 Å². The molecule has 0 fully saturated rings. The van der Waals surface area contributed by atoms with Gasteiger partial charge < -0.3 is 5.32 Å². The molecule has 0 aliphatic rings. The number of benzene rings is 1. The van der Waals surface area contributed by atoms with Crippen molar-refractivity contribution in [1.82, 2.24) is 4.98 Å². The van der Waals surface area contributed by atoms with Gasteiger partial charge in [0.1, 0.15) is 0 Å². The van der Waals surface area contributed by atoms with E-state index >= 15 is 0 Å². The summed E-state index contributed by atoms with van der Waals surface area (Å²) < 4.78 is 0. The van der Waals surface area contributed by atoms with Gasteiger partial charge in [-0.1, -0.05) is 35.3 Å². The molecule has 0 saturated carbocycles. The number of halogens is 2. The molecule has 0 saturated heterocycles. The lowest BCUT2D eigenvalue weighted by atomic mass is 10.1. The van der Waals surface area contributed by atoms with Gasteiger partial charge >= 0.3 is 0 Å². The number of anilines is 1. The third kappa shape index (κ3) is 3.93. The van der Waals surface area contributed by atoms with E-state index in [1.165, 1.54) is 11.3 Å². The van der Waals surface area contributed by atoms with E-state index in [2.05, 4.69) is 10.3 Å². The number of hydrogen-bond donors (Lipinski definition) is 1. The summed E-state index contributed by atoms with van der Waals surface area (Å²) in [7, 11) is 0. The van der Waals surface area contributed by atoms with Crippen LogP contribution in [0.25, 0.3) is 0 Å². The third-order valence-corrected chi connectivity index (χ3v) is 4.25. The van der Waals surface area contributed by atoms with Crippen molar-refractivity contribution in [2.75, 3.05) is 5.32 Å². The summed E-state index contributed by atoms with van der Waals surface area (Å²) in [6, 6.07) is 5.42. The minimum atomic E-state index is -0.0783. The molecule has 0 atom stereocenters. The van der Waals surface area contributed by atoms with Crippen LogP contribution in [0.15, 0.2) is 23.6 Å². The molecule has 3 nitrogen and oxygen atoms in total. The molecule has 2 rings (SSSR count). The van der Waals surface area contributed by atoms with E-state index in [-0.39, 0.29) is 5.91 Å². The molecule has 0 unspecified atom stereocenters. The van der Waals surface area contributed by atoms with Gasteiger partial charge in [-0.15, -0.1) is 11.3 Å². The highest BCUT2D eigenvalue weighted by Crippen LogP contribution is 2.26. The monoisotopic (exact) mass is 314 g/mol. The van der Waals surface area contributed by atoms with Gasteiger partial charge in [-0.25, -0.2) is 4.98 Å². The first-order valence-corrected chi connectivity index (χ1v) is 7.34. The molecular formula is C13H12Cl2N2OS. The summed E-state index contributed by atoms with van der Waals surface area (Å²) in [6.45, 7) is 1.89. The van der Waals surface area contributed by atoms with Gasteiger partial charge in [-0.05, 0) is 25.0 Å². The quantitative estimate of drug-likeness (QED) is 0.912. The van der Waals surface area contributed by atoms with Gasteiger partial charge in [-0.2, -0.15) is 0 Å². The average Bonchev–Trinajstić information content (AvgIpc) is 2.76. The lowest BCUT2D eigenvalue weighted by Gasteiger charge is -2.05. The molecule has 6 heteroatoms. The lowest BCUT2D eigenvalue weighted by molar-refractivity contribution is -0.116. The van der Waals surface area contributed by atoms with Gasteiger partial charge in [0, 0.05) is 11.8 Å². The zero-order chi connectivity index (χ0) is 13.8. The largest absolute Gasteiger partial charge is 0.302 e. The number of aromatic nitrogens is 1.